The van der Waals surface area contributed by atoms with Crippen molar-refractivity contribution in [2.24, 2.45) is 0 Å². The summed E-state index contributed by atoms with van der Waals surface area (Å²) < 4.78 is 50.8. The van der Waals surface area contributed by atoms with E-state index < -0.39 is 29.1 Å². The van der Waals surface area contributed by atoms with Crippen molar-refractivity contribution in [3.63, 3.8) is 0 Å². The number of aryl methyl sites for hydroxylation is 1. The smallest absolute Gasteiger partial charge is 0.418 e. The van der Waals surface area contributed by atoms with Gasteiger partial charge in [0.05, 0.1) is 30.5 Å². The standard InChI is InChI=1S/C26H26F3N5O4/c1-16-30-13-18(14-31-16)23(35)34-25(9-10-38-15-25)24(36)32-12-17-3-5-19(6-4-17)33-22-8-7-20(37-2)11-21(22)26(27,28)29/h3-8,11,13-14,33H,9-10,12,15H2,1-2H3,(H,32,36)(H,34,35). The van der Waals surface area contributed by atoms with E-state index in [2.05, 4.69) is 25.9 Å². The molecule has 2 heterocycles. The third kappa shape index (κ3) is 6.20. The van der Waals surface area contributed by atoms with Crippen LogP contribution in [0.4, 0.5) is 24.5 Å². The summed E-state index contributed by atoms with van der Waals surface area (Å²) in [7, 11) is 1.30. The molecule has 0 spiro atoms. The van der Waals surface area contributed by atoms with E-state index in [0.29, 0.717) is 30.1 Å². The minimum absolute atomic E-state index is 0.0174. The number of alkyl halides is 3. The number of hydrogen-bond donors (Lipinski definition) is 3. The number of aromatic nitrogens is 2. The molecule has 0 aliphatic carbocycles. The van der Waals surface area contributed by atoms with Crippen LogP contribution in [0, 0.1) is 6.92 Å². The first-order valence-electron chi connectivity index (χ1n) is 11.7. The van der Waals surface area contributed by atoms with Crippen molar-refractivity contribution in [1.82, 2.24) is 20.6 Å². The first-order valence-corrected chi connectivity index (χ1v) is 11.7. The molecular weight excluding hydrogens is 503 g/mol. The molecule has 1 aliphatic heterocycles. The van der Waals surface area contributed by atoms with Gasteiger partial charge < -0.3 is 25.4 Å². The monoisotopic (exact) mass is 529 g/mol. The molecule has 4 rings (SSSR count). The molecule has 1 aliphatic rings. The molecule has 12 heteroatoms. The minimum Gasteiger partial charge on any atom is -0.497 e. The zero-order valence-electron chi connectivity index (χ0n) is 20.7. The molecule has 0 bridgehead atoms. The normalized spacial score (nSPS) is 17.1. The van der Waals surface area contributed by atoms with Gasteiger partial charge in [-0.05, 0) is 42.8 Å². The average Bonchev–Trinajstić information content (AvgIpc) is 3.37. The summed E-state index contributed by atoms with van der Waals surface area (Å²) in [6, 6.07) is 10.3. The zero-order valence-corrected chi connectivity index (χ0v) is 20.7. The van der Waals surface area contributed by atoms with Crippen molar-refractivity contribution in [2.45, 2.75) is 31.6 Å². The third-order valence-electron chi connectivity index (χ3n) is 6.07. The highest BCUT2D eigenvalue weighted by atomic mass is 19.4. The number of carbonyl (C=O) groups is 2. The van der Waals surface area contributed by atoms with E-state index in [9.17, 15) is 22.8 Å². The fourth-order valence-corrected chi connectivity index (χ4v) is 3.91. The number of methoxy groups -OCH3 is 1. The quantitative estimate of drug-likeness (QED) is 0.407. The van der Waals surface area contributed by atoms with Gasteiger partial charge in [0.15, 0.2) is 0 Å². The van der Waals surface area contributed by atoms with E-state index in [-0.39, 0.29) is 30.2 Å². The summed E-state index contributed by atoms with van der Waals surface area (Å²) in [6.45, 7) is 2.16. The summed E-state index contributed by atoms with van der Waals surface area (Å²) in [4.78, 5) is 33.8. The van der Waals surface area contributed by atoms with E-state index in [4.69, 9.17) is 9.47 Å². The molecule has 0 saturated carbocycles. The Morgan fingerprint density at radius 2 is 1.82 bits per heavy atom. The maximum atomic E-state index is 13.5. The fourth-order valence-electron chi connectivity index (χ4n) is 3.91. The highest BCUT2D eigenvalue weighted by Gasteiger charge is 2.43. The maximum absolute atomic E-state index is 13.5. The number of amides is 2. The Morgan fingerprint density at radius 3 is 2.42 bits per heavy atom. The Bertz CT molecular complexity index is 1290. The van der Waals surface area contributed by atoms with Crippen molar-refractivity contribution in [3.8, 4) is 5.75 Å². The van der Waals surface area contributed by atoms with Crippen LogP contribution in [0.1, 0.15) is 33.7 Å². The number of anilines is 2. The molecule has 1 fully saturated rings. The number of halogens is 3. The molecule has 1 aromatic heterocycles. The maximum Gasteiger partial charge on any atom is 0.418 e. The predicted octanol–water partition coefficient (Wildman–Crippen LogP) is 3.76. The molecular formula is C26H26F3N5O4. The van der Waals surface area contributed by atoms with Crippen LogP contribution in [0.5, 0.6) is 5.75 Å². The SMILES string of the molecule is COc1ccc(Nc2ccc(CNC(=O)C3(NC(=O)c4cnc(C)nc4)CCOC3)cc2)c(C(F)(F)F)c1. The number of hydrogen-bond acceptors (Lipinski definition) is 7. The van der Waals surface area contributed by atoms with Crippen LogP contribution in [-0.4, -0.2) is 47.6 Å². The van der Waals surface area contributed by atoms with Gasteiger partial charge in [0.25, 0.3) is 5.91 Å². The number of nitrogens with one attached hydrogen (secondary N) is 3. The zero-order chi connectivity index (χ0) is 27.3. The summed E-state index contributed by atoms with van der Waals surface area (Å²) in [5.41, 5.74) is -0.839. The largest absolute Gasteiger partial charge is 0.497 e. The highest BCUT2D eigenvalue weighted by molar-refractivity contribution is 5.99. The molecule has 200 valence electrons. The van der Waals surface area contributed by atoms with Gasteiger partial charge in [-0.1, -0.05) is 12.1 Å². The van der Waals surface area contributed by atoms with Crippen molar-refractivity contribution in [1.29, 1.82) is 0 Å². The number of carbonyl (C=O) groups excluding carboxylic acids is 2. The van der Waals surface area contributed by atoms with E-state index in [1.807, 2.05) is 0 Å². The van der Waals surface area contributed by atoms with Gasteiger partial charge in [-0.25, -0.2) is 9.97 Å². The van der Waals surface area contributed by atoms with Crippen molar-refractivity contribution >= 4 is 23.2 Å². The number of benzene rings is 2. The van der Waals surface area contributed by atoms with E-state index in [0.717, 1.165) is 6.07 Å². The lowest BCUT2D eigenvalue weighted by Gasteiger charge is -2.27. The third-order valence-corrected chi connectivity index (χ3v) is 6.07. The number of ether oxygens (including phenoxy) is 2. The highest BCUT2D eigenvalue weighted by Crippen LogP contribution is 2.38. The molecule has 1 saturated heterocycles. The van der Waals surface area contributed by atoms with Gasteiger partial charge >= 0.3 is 6.18 Å². The first kappa shape index (κ1) is 26.9. The molecule has 2 aromatic carbocycles. The summed E-state index contributed by atoms with van der Waals surface area (Å²) in [5, 5.41) is 8.35. The average molecular weight is 530 g/mol. The van der Waals surface area contributed by atoms with Crippen molar-refractivity contribution in [2.75, 3.05) is 25.6 Å². The second-order valence-corrected chi connectivity index (χ2v) is 8.77. The van der Waals surface area contributed by atoms with E-state index in [1.165, 1.54) is 31.6 Å². The Labute approximate surface area is 216 Å². The Balaban J connectivity index is 1.40. The van der Waals surface area contributed by atoms with Gasteiger partial charge in [-0.3, -0.25) is 9.59 Å². The van der Waals surface area contributed by atoms with Gasteiger partial charge in [0.2, 0.25) is 5.91 Å². The molecule has 1 atom stereocenters. The fraction of sp³-hybridized carbons (Fsp3) is 0.308. The van der Waals surface area contributed by atoms with Gasteiger partial charge in [0, 0.05) is 37.7 Å². The summed E-state index contributed by atoms with van der Waals surface area (Å²) in [5.74, 6) is -0.281. The molecule has 38 heavy (non-hydrogen) atoms. The second kappa shape index (κ2) is 11.1. The lowest BCUT2D eigenvalue weighted by molar-refractivity contribution is -0.137. The summed E-state index contributed by atoms with van der Waals surface area (Å²) >= 11 is 0. The first-order chi connectivity index (χ1) is 18.1. The summed E-state index contributed by atoms with van der Waals surface area (Å²) in [6.07, 6.45) is -1.50. The van der Waals surface area contributed by atoms with Gasteiger partial charge in [-0.2, -0.15) is 13.2 Å². The molecule has 9 nitrogen and oxygen atoms in total. The minimum atomic E-state index is -4.57. The Morgan fingerprint density at radius 1 is 1.11 bits per heavy atom. The van der Waals surface area contributed by atoms with E-state index in [1.54, 1.807) is 31.2 Å². The Kier molecular flexibility index (Phi) is 7.81. The van der Waals surface area contributed by atoms with Crippen molar-refractivity contribution in [3.05, 3.63) is 77.4 Å². The van der Waals surface area contributed by atoms with Crippen LogP contribution in [0.3, 0.4) is 0 Å². The topological polar surface area (TPSA) is 114 Å². The van der Waals surface area contributed by atoms with Crippen LogP contribution < -0.4 is 20.7 Å². The van der Waals surface area contributed by atoms with Crippen LogP contribution in [-0.2, 0) is 22.3 Å². The predicted molar refractivity (Wildman–Crippen MR) is 132 cm³/mol. The van der Waals surface area contributed by atoms with Crippen molar-refractivity contribution < 1.29 is 32.2 Å². The lowest BCUT2D eigenvalue weighted by atomic mass is 9.96. The van der Waals surface area contributed by atoms with Crippen LogP contribution >= 0.6 is 0 Å². The van der Waals surface area contributed by atoms with Gasteiger partial charge in [-0.15, -0.1) is 0 Å². The lowest BCUT2D eigenvalue weighted by Crippen LogP contribution is -2.59. The van der Waals surface area contributed by atoms with Crippen LogP contribution in [0.25, 0.3) is 0 Å². The number of rotatable bonds is 8. The molecule has 1 unspecified atom stereocenters. The van der Waals surface area contributed by atoms with Crippen LogP contribution in [0.2, 0.25) is 0 Å². The number of nitrogens with zero attached hydrogens (tertiary/aromatic N) is 2. The second-order valence-electron chi connectivity index (χ2n) is 8.77. The molecule has 0 radical (unpaired) electrons. The molecule has 3 N–H and O–H groups in total. The van der Waals surface area contributed by atoms with Crippen LogP contribution in [0.15, 0.2) is 54.9 Å². The Hall–Kier alpha value is -4.19. The molecule has 2 amide bonds. The molecule has 3 aromatic rings. The van der Waals surface area contributed by atoms with E-state index >= 15 is 0 Å². The van der Waals surface area contributed by atoms with Gasteiger partial charge in [0.1, 0.15) is 17.1 Å².